The van der Waals surface area contributed by atoms with Crippen LogP contribution in [0.2, 0.25) is 0 Å². The first-order valence-electron chi connectivity index (χ1n) is 4.32. The predicted molar refractivity (Wildman–Crippen MR) is 48.0 cm³/mol. The summed E-state index contributed by atoms with van der Waals surface area (Å²) in [4.78, 5) is 10.9. The van der Waals surface area contributed by atoms with Crippen molar-refractivity contribution in [3.63, 3.8) is 0 Å². The monoisotopic (exact) mass is 187 g/mol. The van der Waals surface area contributed by atoms with Crippen LogP contribution in [0.15, 0.2) is 0 Å². The molecule has 0 aromatic carbocycles. The average molecular weight is 187 g/mol. The maximum Gasteiger partial charge on any atom is 0.309 e. The average Bonchev–Trinajstić information content (AvgIpc) is 2.71. The van der Waals surface area contributed by atoms with Crippen LogP contribution in [0.4, 0.5) is 0 Å². The summed E-state index contributed by atoms with van der Waals surface area (Å²) in [5.74, 6) is -0.261. The summed E-state index contributed by atoms with van der Waals surface area (Å²) in [6.07, 6.45) is 2.74. The van der Waals surface area contributed by atoms with Gasteiger partial charge < -0.3 is 5.11 Å². The van der Waals surface area contributed by atoms with E-state index in [0.29, 0.717) is 5.92 Å². The molecule has 2 aliphatic rings. The highest BCUT2D eigenvalue weighted by Gasteiger charge is 2.56. The van der Waals surface area contributed by atoms with E-state index in [4.69, 9.17) is 5.11 Å². The molecule has 0 unspecified atom stereocenters. The van der Waals surface area contributed by atoms with Crippen LogP contribution in [-0.2, 0) is 4.79 Å². The van der Waals surface area contributed by atoms with Gasteiger partial charge in [0.15, 0.2) is 0 Å². The Bertz CT molecular complexity index is 215. The Morgan fingerprint density at radius 2 is 2.25 bits per heavy atom. The molecule has 0 spiro atoms. The molecule has 0 bridgehead atoms. The van der Waals surface area contributed by atoms with Crippen LogP contribution < -0.4 is 0 Å². The third kappa shape index (κ3) is 1.13. The van der Waals surface area contributed by atoms with Gasteiger partial charge in [0.2, 0.25) is 0 Å². The first-order chi connectivity index (χ1) is 5.65. The molecule has 2 fully saturated rings. The van der Waals surface area contributed by atoms with Crippen molar-refractivity contribution in [3.8, 4) is 0 Å². The van der Waals surface area contributed by atoms with Gasteiger partial charge in [0.25, 0.3) is 0 Å². The lowest BCUT2D eigenvalue weighted by molar-refractivity contribution is -0.145. The Morgan fingerprint density at radius 1 is 1.58 bits per heavy atom. The Hall–Kier alpha value is -0.220. The molecular weight excluding hydrogens is 174 g/mol. The molecule has 0 radical (unpaired) electrons. The molecule has 1 atom stereocenters. The fraction of sp³-hybridized carbons (Fsp3) is 0.875. The van der Waals surface area contributed by atoms with Crippen molar-refractivity contribution in [2.45, 2.75) is 19.3 Å². The van der Waals surface area contributed by atoms with Crippen LogP contribution in [0.1, 0.15) is 19.3 Å². The van der Waals surface area contributed by atoms with Crippen molar-refractivity contribution in [1.82, 2.24) is 4.31 Å². The number of rotatable bonds is 2. The molecule has 1 heterocycles. The smallest absolute Gasteiger partial charge is 0.309 e. The van der Waals surface area contributed by atoms with Crippen molar-refractivity contribution in [2.75, 3.05) is 13.1 Å². The highest BCUT2D eigenvalue weighted by molar-refractivity contribution is 7.77. The maximum absolute atomic E-state index is 10.9. The SMILES string of the molecule is O=C(O)C1([C@@H]2CCN(S)C2)CC1. The molecule has 1 N–H and O–H groups in total. The minimum atomic E-state index is -0.601. The molecule has 1 aliphatic carbocycles. The number of hydrogen-bond donors (Lipinski definition) is 2. The number of carboxylic acid groups (broad SMARTS) is 1. The van der Waals surface area contributed by atoms with E-state index in [-0.39, 0.29) is 5.41 Å². The van der Waals surface area contributed by atoms with Crippen LogP contribution in [0, 0.1) is 11.3 Å². The van der Waals surface area contributed by atoms with Crippen molar-refractivity contribution in [2.24, 2.45) is 11.3 Å². The molecule has 0 amide bonds. The van der Waals surface area contributed by atoms with Crippen LogP contribution in [0.5, 0.6) is 0 Å². The van der Waals surface area contributed by atoms with E-state index >= 15 is 0 Å². The molecule has 3 nitrogen and oxygen atoms in total. The Labute approximate surface area is 77.3 Å². The second kappa shape index (κ2) is 2.64. The minimum absolute atomic E-state index is 0.340. The summed E-state index contributed by atoms with van der Waals surface area (Å²) in [5, 5.41) is 9.01. The van der Waals surface area contributed by atoms with Gasteiger partial charge in [-0.3, -0.25) is 9.10 Å². The second-order valence-electron chi connectivity index (χ2n) is 3.86. The minimum Gasteiger partial charge on any atom is -0.481 e. The number of thiol groups is 1. The maximum atomic E-state index is 10.9. The first-order valence-corrected chi connectivity index (χ1v) is 4.72. The van der Waals surface area contributed by atoms with E-state index in [2.05, 4.69) is 12.8 Å². The molecule has 2 rings (SSSR count). The molecule has 1 saturated heterocycles. The van der Waals surface area contributed by atoms with Crippen LogP contribution in [0.3, 0.4) is 0 Å². The summed E-state index contributed by atoms with van der Waals surface area (Å²) < 4.78 is 1.92. The van der Waals surface area contributed by atoms with Crippen LogP contribution in [-0.4, -0.2) is 28.5 Å². The van der Waals surface area contributed by atoms with E-state index in [1.165, 1.54) is 0 Å². The highest BCUT2D eigenvalue weighted by atomic mass is 32.1. The number of carbonyl (C=O) groups is 1. The summed E-state index contributed by atoms with van der Waals surface area (Å²) in [5.41, 5.74) is -0.364. The summed E-state index contributed by atoms with van der Waals surface area (Å²) >= 11 is 4.22. The van der Waals surface area contributed by atoms with Gasteiger partial charge in [-0.05, 0) is 25.2 Å². The fourth-order valence-electron chi connectivity index (χ4n) is 2.12. The second-order valence-corrected chi connectivity index (χ2v) is 4.43. The van der Waals surface area contributed by atoms with Crippen molar-refractivity contribution in [3.05, 3.63) is 0 Å². The van der Waals surface area contributed by atoms with Crippen molar-refractivity contribution in [1.29, 1.82) is 0 Å². The lowest BCUT2D eigenvalue weighted by Crippen LogP contribution is -2.26. The van der Waals surface area contributed by atoms with Crippen LogP contribution in [0.25, 0.3) is 0 Å². The zero-order valence-electron chi connectivity index (χ0n) is 6.86. The third-order valence-corrected chi connectivity index (χ3v) is 3.53. The van der Waals surface area contributed by atoms with Crippen molar-refractivity contribution < 1.29 is 9.90 Å². The number of hydrogen-bond acceptors (Lipinski definition) is 3. The molecule has 1 aliphatic heterocycles. The van der Waals surface area contributed by atoms with Gasteiger partial charge in [-0.25, -0.2) is 0 Å². The van der Waals surface area contributed by atoms with Gasteiger partial charge in [0.05, 0.1) is 5.41 Å². The standard InChI is InChI=1S/C8H13NO2S/c10-7(11)8(2-3-8)6-1-4-9(12)5-6/h6,12H,1-5H2,(H,10,11)/t6-/m1/s1. The van der Waals surface area contributed by atoms with E-state index in [1.54, 1.807) is 0 Å². The molecule has 4 heteroatoms. The molecular formula is C8H13NO2S. The largest absolute Gasteiger partial charge is 0.481 e. The van der Waals surface area contributed by atoms with E-state index in [1.807, 2.05) is 4.31 Å². The number of carboxylic acids is 1. The summed E-state index contributed by atoms with van der Waals surface area (Å²) in [7, 11) is 0. The zero-order chi connectivity index (χ0) is 8.77. The molecule has 0 aromatic rings. The predicted octanol–water partition coefficient (Wildman–Crippen LogP) is 1.02. The first kappa shape index (κ1) is 8.38. The van der Waals surface area contributed by atoms with Gasteiger partial charge in [-0.1, -0.05) is 12.8 Å². The molecule has 1 saturated carbocycles. The quantitative estimate of drug-likeness (QED) is 0.634. The molecule has 12 heavy (non-hydrogen) atoms. The number of nitrogens with zero attached hydrogens (tertiary/aromatic N) is 1. The Balaban J connectivity index is 2.05. The van der Waals surface area contributed by atoms with Gasteiger partial charge in [0, 0.05) is 13.1 Å². The fourth-order valence-corrected chi connectivity index (χ4v) is 2.44. The van der Waals surface area contributed by atoms with Gasteiger partial charge in [-0.15, -0.1) is 0 Å². The molecule has 68 valence electrons. The Morgan fingerprint density at radius 3 is 2.58 bits per heavy atom. The molecule has 0 aromatic heterocycles. The number of aliphatic carboxylic acids is 1. The van der Waals surface area contributed by atoms with Gasteiger partial charge in [0.1, 0.15) is 0 Å². The van der Waals surface area contributed by atoms with Crippen molar-refractivity contribution >= 4 is 18.8 Å². The third-order valence-electron chi connectivity index (χ3n) is 3.16. The van der Waals surface area contributed by atoms with Gasteiger partial charge in [-0.2, -0.15) is 0 Å². The van der Waals surface area contributed by atoms with E-state index in [0.717, 1.165) is 32.4 Å². The van der Waals surface area contributed by atoms with E-state index in [9.17, 15) is 4.79 Å². The summed E-state index contributed by atoms with van der Waals surface area (Å²) in [6, 6.07) is 0. The topological polar surface area (TPSA) is 40.5 Å². The Kier molecular flexibility index (Phi) is 1.84. The highest BCUT2D eigenvalue weighted by Crippen LogP contribution is 2.55. The summed E-state index contributed by atoms with van der Waals surface area (Å²) in [6.45, 7) is 1.78. The lowest BCUT2D eigenvalue weighted by Gasteiger charge is -2.17. The van der Waals surface area contributed by atoms with Gasteiger partial charge >= 0.3 is 5.97 Å². The van der Waals surface area contributed by atoms with E-state index < -0.39 is 5.97 Å². The zero-order valence-corrected chi connectivity index (χ0v) is 7.76. The normalized spacial score (nSPS) is 33.6. The lowest BCUT2D eigenvalue weighted by atomic mass is 9.88. The van der Waals surface area contributed by atoms with Crippen LogP contribution >= 0.6 is 12.8 Å².